The molecule has 7 heteroatoms. The molecule has 178 valence electrons. The molecule has 0 atom stereocenters. The molecule has 3 rings (SSSR count). The summed E-state index contributed by atoms with van der Waals surface area (Å²) in [6.45, 7) is 9.35. The highest BCUT2D eigenvalue weighted by Gasteiger charge is 2.20. The number of hydrogen-bond acceptors (Lipinski definition) is 5. The van der Waals surface area contributed by atoms with Crippen molar-refractivity contribution in [3.05, 3.63) is 52.2 Å². The van der Waals surface area contributed by atoms with Crippen LogP contribution in [0.2, 0.25) is 5.02 Å². The Labute approximate surface area is 204 Å². The number of carboxylic acids is 1. The maximum absolute atomic E-state index is 10.8. The minimum atomic E-state index is -0.861. The SMILES string of the molecule is CCCc1c(OCCCSc2ccc(CC(=O)O)cc2Cl)ccc2c(CC(C)(C)C)noc12. The number of carbonyl (C=O) groups is 1. The van der Waals surface area contributed by atoms with E-state index < -0.39 is 5.97 Å². The predicted octanol–water partition coefficient (Wildman–Crippen LogP) is 7.21. The van der Waals surface area contributed by atoms with Crippen LogP contribution in [0.25, 0.3) is 11.0 Å². The van der Waals surface area contributed by atoms with E-state index in [1.165, 1.54) is 0 Å². The summed E-state index contributed by atoms with van der Waals surface area (Å²) < 4.78 is 11.9. The van der Waals surface area contributed by atoms with Crippen LogP contribution < -0.4 is 4.74 Å². The molecule has 1 N–H and O–H groups in total. The van der Waals surface area contributed by atoms with Crippen LogP contribution in [0.4, 0.5) is 0 Å². The molecule has 0 amide bonds. The Bertz CT molecular complexity index is 1100. The summed E-state index contributed by atoms with van der Waals surface area (Å²) >= 11 is 7.96. The number of aryl methyl sites for hydroxylation is 1. The van der Waals surface area contributed by atoms with Crippen LogP contribution in [0.3, 0.4) is 0 Å². The lowest BCUT2D eigenvalue weighted by Gasteiger charge is -2.16. The largest absolute Gasteiger partial charge is 0.493 e. The van der Waals surface area contributed by atoms with Gasteiger partial charge in [0.2, 0.25) is 0 Å². The molecule has 0 aliphatic rings. The molecule has 0 bridgehead atoms. The number of thioether (sulfide) groups is 1. The van der Waals surface area contributed by atoms with Crippen molar-refractivity contribution in [3.63, 3.8) is 0 Å². The van der Waals surface area contributed by atoms with E-state index in [1.54, 1.807) is 17.8 Å². The number of aliphatic carboxylic acids is 1. The van der Waals surface area contributed by atoms with E-state index in [2.05, 4.69) is 38.9 Å². The van der Waals surface area contributed by atoms with Crippen molar-refractivity contribution in [1.29, 1.82) is 0 Å². The van der Waals surface area contributed by atoms with Gasteiger partial charge in [-0.3, -0.25) is 4.79 Å². The van der Waals surface area contributed by atoms with Gasteiger partial charge in [0.15, 0.2) is 5.58 Å². The summed E-state index contributed by atoms with van der Waals surface area (Å²) in [7, 11) is 0. The summed E-state index contributed by atoms with van der Waals surface area (Å²) in [5, 5.41) is 14.9. The van der Waals surface area contributed by atoms with Gasteiger partial charge in [0.05, 0.1) is 23.7 Å². The van der Waals surface area contributed by atoms with Gasteiger partial charge in [0.1, 0.15) is 5.75 Å². The van der Waals surface area contributed by atoms with Crippen molar-refractivity contribution in [3.8, 4) is 5.75 Å². The quantitative estimate of drug-likeness (QED) is 0.226. The van der Waals surface area contributed by atoms with Gasteiger partial charge < -0.3 is 14.4 Å². The molecule has 1 heterocycles. The molecule has 5 nitrogen and oxygen atoms in total. The van der Waals surface area contributed by atoms with Crippen LogP contribution in [0.15, 0.2) is 39.8 Å². The Morgan fingerprint density at radius 2 is 2.03 bits per heavy atom. The molecule has 0 fully saturated rings. The van der Waals surface area contributed by atoms with Gasteiger partial charge in [-0.05, 0) is 54.5 Å². The first-order valence-electron chi connectivity index (χ1n) is 11.3. The van der Waals surface area contributed by atoms with Crippen LogP contribution >= 0.6 is 23.4 Å². The lowest BCUT2D eigenvalue weighted by atomic mass is 9.89. The van der Waals surface area contributed by atoms with Gasteiger partial charge in [-0.25, -0.2) is 0 Å². The second-order valence-electron chi connectivity index (χ2n) is 9.42. The maximum atomic E-state index is 10.8. The molecule has 0 spiro atoms. The number of hydrogen-bond donors (Lipinski definition) is 1. The molecule has 0 unspecified atom stereocenters. The maximum Gasteiger partial charge on any atom is 0.307 e. The number of aromatic nitrogens is 1. The second-order valence-corrected chi connectivity index (χ2v) is 11.0. The zero-order valence-corrected chi connectivity index (χ0v) is 21.3. The Balaban J connectivity index is 1.60. The van der Waals surface area contributed by atoms with Crippen LogP contribution in [0.1, 0.15) is 57.4 Å². The normalized spacial score (nSPS) is 11.8. The molecule has 0 aliphatic carbocycles. The lowest BCUT2D eigenvalue weighted by molar-refractivity contribution is -0.136. The van der Waals surface area contributed by atoms with Crippen LogP contribution in [-0.2, 0) is 24.1 Å². The monoisotopic (exact) mass is 489 g/mol. The van der Waals surface area contributed by atoms with E-state index in [0.717, 1.165) is 64.3 Å². The van der Waals surface area contributed by atoms with Gasteiger partial charge in [-0.2, -0.15) is 0 Å². The number of benzene rings is 2. The first kappa shape index (κ1) is 25.4. The molecule has 1 aromatic heterocycles. The number of carboxylic acid groups (broad SMARTS) is 1. The molecular formula is C26H32ClNO4S. The third kappa shape index (κ3) is 7.15. The molecule has 0 saturated heterocycles. The van der Waals surface area contributed by atoms with Crippen LogP contribution in [0.5, 0.6) is 5.75 Å². The Morgan fingerprint density at radius 1 is 1.24 bits per heavy atom. The first-order valence-corrected chi connectivity index (χ1v) is 12.7. The minimum Gasteiger partial charge on any atom is -0.493 e. The standard InChI is InChI=1S/C26H32ClNO4S/c1-5-7-19-22(10-9-18-21(16-26(2,3)4)28-32-25(18)19)31-12-6-13-33-23-11-8-17(14-20(23)27)15-24(29)30/h8-11,14H,5-7,12-13,15-16H2,1-4H3,(H,29,30). The van der Waals surface area contributed by atoms with Crippen molar-refractivity contribution in [1.82, 2.24) is 5.16 Å². The van der Waals surface area contributed by atoms with Crippen molar-refractivity contribution in [2.75, 3.05) is 12.4 Å². The van der Waals surface area contributed by atoms with E-state index in [1.807, 2.05) is 18.2 Å². The highest BCUT2D eigenvalue weighted by atomic mass is 35.5. The second kappa shape index (κ2) is 11.3. The molecule has 0 aliphatic heterocycles. The van der Waals surface area contributed by atoms with E-state index >= 15 is 0 Å². The molecule has 2 aromatic carbocycles. The third-order valence-electron chi connectivity index (χ3n) is 5.13. The average molecular weight is 490 g/mol. The number of ether oxygens (including phenoxy) is 1. The molecule has 0 saturated carbocycles. The zero-order valence-electron chi connectivity index (χ0n) is 19.7. The van der Waals surface area contributed by atoms with Gasteiger partial charge in [0.25, 0.3) is 0 Å². The fraction of sp³-hybridized carbons (Fsp3) is 0.462. The van der Waals surface area contributed by atoms with E-state index in [-0.39, 0.29) is 11.8 Å². The highest BCUT2D eigenvalue weighted by molar-refractivity contribution is 7.99. The highest BCUT2D eigenvalue weighted by Crippen LogP contribution is 2.34. The topological polar surface area (TPSA) is 72.6 Å². The lowest BCUT2D eigenvalue weighted by Crippen LogP contribution is -2.09. The average Bonchev–Trinajstić information content (AvgIpc) is 3.11. The third-order valence-corrected chi connectivity index (χ3v) is 6.71. The summed E-state index contributed by atoms with van der Waals surface area (Å²) in [5.41, 5.74) is 3.78. The van der Waals surface area contributed by atoms with E-state index in [0.29, 0.717) is 17.2 Å². The number of halogens is 1. The van der Waals surface area contributed by atoms with Crippen molar-refractivity contribution in [2.24, 2.45) is 5.41 Å². The first-order chi connectivity index (χ1) is 15.7. The fourth-order valence-corrected chi connectivity index (χ4v) is 4.92. The molecule has 0 radical (unpaired) electrons. The summed E-state index contributed by atoms with van der Waals surface area (Å²) in [4.78, 5) is 11.8. The van der Waals surface area contributed by atoms with E-state index in [4.69, 9.17) is 26.0 Å². The smallest absolute Gasteiger partial charge is 0.307 e. The van der Waals surface area contributed by atoms with Gasteiger partial charge >= 0.3 is 5.97 Å². The van der Waals surface area contributed by atoms with Gasteiger partial charge in [-0.1, -0.05) is 56.9 Å². The molecule has 3 aromatic rings. The van der Waals surface area contributed by atoms with Crippen molar-refractivity contribution >= 4 is 40.3 Å². The number of nitrogens with zero attached hydrogens (tertiary/aromatic N) is 1. The predicted molar refractivity (Wildman–Crippen MR) is 135 cm³/mol. The van der Waals surface area contributed by atoms with Crippen molar-refractivity contribution < 1.29 is 19.2 Å². The Hall–Kier alpha value is -2.18. The van der Waals surface area contributed by atoms with Gasteiger partial charge in [-0.15, -0.1) is 11.8 Å². The van der Waals surface area contributed by atoms with Gasteiger partial charge in [0, 0.05) is 21.6 Å². The molecular weight excluding hydrogens is 458 g/mol. The number of rotatable bonds is 11. The number of fused-ring (bicyclic) bond motifs is 1. The molecule has 33 heavy (non-hydrogen) atoms. The van der Waals surface area contributed by atoms with Crippen LogP contribution in [-0.4, -0.2) is 28.6 Å². The zero-order chi connectivity index (χ0) is 24.0. The summed E-state index contributed by atoms with van der Waals surface area (Å²) in [5.74, 6) is 0.852. The van der Waals surface area contributed by atoms with Crippen molar-refractivity contribution in [2.45, 2.75) is 64.7 Å². The summed E-state index contributed by atoms with van der Waals surface area (Å²) in [6.07, 6.45) is 3.57. The Kier molecular flexibility index (Phi) is 8.71. The van der Waals surface area contributed by atoms with Crippen LogP contribution in [0, 0.1) is 5.41 Å². The van der Waals surface area contributed by atoms with E-state index in [9.17, 15) is 4.79 Å². The minimum absolute atomic E-state index is 0.0220. The Morgan fingerprint density at radius 3 is 2.70 bits per heavy atom. The fourth-order valence-electron chi connectivity index (χ4n) is 3.71. The summed E-state index contributed by atoms with van der Waals surface area (Å²) in [6, 6.07) is 9.54.